The highest BCUT2D eigenvalue weighted by molar-refractivity contribution is 6.59. The van der Waals surface area contributed by atoms with Crippen molar-refractivity contribution in [1.82, 2.24) is 0 Å². The Balaban J connectivity index is 4.92. The monoisotopic (exact) mass is 301 g/mol. The molecule has 0 N–H and O–H groups in total. The highest BCUT2D eigenvalue weighted by atomic mass is 28.4. The molecule has 0 spiro atoms. The van der Waals surface area contributed by atoms with Gasteiger partial charge in [0.2, 0.25) is 0 Å². The minimum absolute atomic E-state index is 0.805. The fraction of sp³-hybridized carbons (Fsp3) is 0.769. The standard InChI is InChI=1S/C13H27N3O3Si/c1-8-11(4)14-17-20(7,18-15-12(5)9-2)19-16-13(6)10-3/h8-10H2,1-7H3/b14-11-,15-12-,16-13+. The molecular weight excluding hydrogens is 274 g/mol. The molecule has 0 amide bonds. The van der Waals surface area contributed by atoms with Crippen LogP contribution < -0.4 is 0 Å². The van der Waals surface area contributed by atoms with Gasteiger partial charge in [-0.15, -0.1) is 15.5 Å². The van der Waals surface area contributed by atoms with Crippen LogP contribution in [0.4, 0.5) is 0 Å². The maximum absolute atomic E-state index is 5.44. The predicted molar refractivity (Wildman–Crippen MR) is 85.1 cm³/mol. The lowest BCUT2D eigenvalue weighted by Gasteiger charge is -2.18. The van der Waals surface area contributed by atoms with Gasteiger partial charge in [-0.1, -0.05) is 20.8 Å². The second-order valence-electron chi connectivity index (χ2n) is 4.68. The number of hydrogen-bond donors (Lipinski definition) is 0. The molecule has 0 aromatic rings. The normalized spacial score (nSPS) is 16.6. The van der Waals surface area contributed by atoms with Crippen LogP contribution in [-0.4, -0.2) is 25.9 Å². The van der Waals surface area contributed by atoms with Crippen LogP contribution in [0.3, 0.4) is 0 Å². The van der Waals surface area contributed by atoms with Gasteiger partial charge < -0.3 is 13.6 Å². The zero-order valence-electron chi connectivity index (χ0n) is 13.7. The summed E-state index contributed by atoms with van der Waals surface area (Å²) in [6.07, 6.45) is 2.41. The van der Waals surface area contributed by atoms with Crippen LogP contribution in [0.15, 0.2) is 15.5 Å². The molecule has 0 radical (unpaired) electrons. The van der Waals surface area contributed by atoms with Crippen LogP contribution in [0, 0.1) is 0 Å². The van der Waals surface area contributed by atoms with Crippen molar-refractivity contribution >= 4 is 25.9 Å². The molecule has 0 bridgehead atoms. The van der Waals surface area contributed by atoms with Crippen LogP contribution in [0.2, 0.25) is 6.55 Å². The SMILES string of the molecule is CC/C(C)=N\O[Si](C)(O/N=C(/C)CC)O/N=C(\C)CC. The van der Waals surface area contributed by atoms with Crippen molar-refractivity contribution in [2.75, 3.05) is 0 Å². The Morgan fingerprint density at radius 1 is 0.700 bits per heavy atom. The molecule has 0 fully saturated rings. The van der Waals surface area contributed by atoms with Gasteiger partial charge in [-0.2, -0.15) is 0 Å². The Kier molecular flexibility index (Phi) is 8.86. The van der Waals surface area contributed by atoms with Gasteiger partial charge in [0, 0.05) is 6.55 Å². The molecule has 0 aliphatic heterocycles. The van der Waals surface area contributed by atoms with Gasteiger partial charge >= 0.3 is 8.80 Å². The largest absolute Gasteiger partial charge is 0.759 e. The smallest absolute Gasteiger partial charge is 0.373 e. The lowest BCUT2D eigenvalue weighted by Crippen LogP contribution is -2.38. The summed E-state index contributed by atoms with van der Waals surface area (Å²) >= 11 is 0. The molecule has 116 valence electrons. The summed E-state index contributed by atoms with van der Waals surface area (Å²) in [5.41, 5.74) is 2.59. The molecule has 20 heavy (non-hydrogen) atoms. The summed E-state index contributed by atoms with van der Waals surface area (Å²) in [5.74, 6) is 0. The van der Waals surface area contributed by atoms with Gasteiger partial charge in [-0.05, 0) is 40.0 Å². The molecule has 7 heteroatoms. The number of hydrogen-bond acceptors (Lipinski definition) is 6. The molecule has 0 unspecified atom stereocenters. The van der Waals surface area contributed by atoms with Gasteiger partial charge in [0.25, 0.3) is 0 Å². The third-order valence-electron chi connectivity index (χ3n) is 2.64. The van der Waals surface area contributed by atoms with Crippen molar-refractivity contribution in [3.8, 4) is 0 Å². The molecule has 0 saturated heterocycles. The van der Waals surface area contributed by atoms with Gasteiger partial charge in [0.15, 0.2) is 0 Å². The third-order valence-corrected chi connectivity index (χ3v) is 3.91. The second-order valence-corrected chi connectivity index (χ2v) is 6.95. The third kappa shape index (κ3) is 7.93. The van der Waals surface area contributed by atoms with E-state index in [0.29, 0.717) is 0 Å². The van der Waals surface area contributed by atoms with Crippen molar-refractivity contribution in [3.63, 3.8) is 0 Å². The van der Waals surface area contributed by atoms with Gasteiger partial charge in [0.05, 0.1) is 17.1 Å². The molecule has 0 aliphatic rings. The summed E-state index contributed by atoms with van der Waals surface area (Å²) in [6.45, 7) is 13.4. The summed E-state index contributed by atoms with van der Waals surface area (Å²) in [4.78, 5) is 0. The first kappa shape index (κ1) is 18.6. The molecule has 6 nitrogen and oxygen atoms in total. The molecule has 0 heterocycles. The first-order chi connectivity index (χ1) is 9.36. The Bertz CT molecular complexity index is 326. The number of rotatable bonds is 9. The topological polar surface area (TPSA) is 64.8 Å². The van der Waals surface area contributed by atoms with E-state index in [-0.39, 0.29) is 0 Å². The molecule has 0 aromatic heterocycles. The first-order valence-electron chi connectivity index (χ1n) is 7.01. The van der Waals surface area contributed by atoms with E-state index in [1.54, 1.807) is 6.55 Å². The van der Waals surface area contributed by atoms with Crippen molar-refractivity contribution in [2.24, 2.45) is 15.5 Å². The Morgan fingerprint density at radius 2 is 0.950 bits per heavy atom. The number of nitrogens with zero attached hydrogens (tertiary/aromatic N) is 3. The Hall–Kier alpha value is -1.37. The van der Waals surface area contributed by atoms with E-state index < -0.39 is 8.80 Å². The maximum atomic E-state index is 5.44. The minimum Gasteiger partial charge on any atom is -0.373 e. The Labute approximate surface area is 123 Å². The second kappa shape index (κ2) is 9.52. The van der Waals surface area contributed by atoms with Gasteiger partial charge in [0.1, 0.15) is 0 Å². The summed E-state index contributed by atoms with van der Waals surface area (Å²) < 4.78 is 16.3. The fourth-order valence-electron chi connectivity index (χ4n) is 0.726. The van der Waals surface area contributed by atoms with Crippen molar-refractivity contribution < 1.29 is 13.6 Å². The van der Waals surface area contributed by atoms with E-state index in [2.05, 4.69) is 15.5 Å². The fourth-order valence-corrected chi connectivity index (χ4v) is 1.79. The molecule has 0 aromatic carbocycles. The van der Waals surface area contributed by atoms with Crippen molar-refractivity contribution in [1.29, 1.82) is 0 Å². The highest BCUT2D eigenvalue weighted by Gasteiger charge is 2.45. The first-order valence-corrected chi connectivity index (χ1v) is 9.24. The lowest BCUT2D eigenvalue weighted by molar-refractivity contribution is 0.0723. The predicted octanol–water partition coefficient (Wildman–Crippen LogP) is 3.96. The van der Waals surface area contributed by atoms with Crippen LogP contribution in [0.1, 0.15) is 60.8 Å². The quantitative estimate of drug-likeness (QED) is 0.368. The molecule has 0 rings (SSSR count). The number of oxime groups is 3. The van der Waals surface area contributed by atoms with Gasteiger partial charge in [-0.3, -0.25) is 0 Å². The van der Waals surface area contributed by atoms with E-state index in [9.17, 15) is 0 Å². The zero-order valence-corrected chi connectivity index (χ0v) is 14.7. The summed E-state index contributed by atoms with van der Waals surface area (Å²) in [5, 5.41) is 12.0. The van der Waals surface area contributed by atoms with E-state index in [1.807, 2.05) is 41.5 Å². The van der Waals surface area contributed by atoms with Crippen molar-refractivity contribution in [3.05, 3.63) is 0 Å². The molecular formula is C13H27N3O3Si. The van der Waals surface area contributed by atoms with E-state index in [4.69, 9.17) is 13.6 Å². The lowest BCUT2D eigenvalue weighted by atomic mass is 10.3. The summed E-state index contributed by atoms with van der Waals surface area (Å²) in [6, 6.07) is 0. The van der Waals surface area contributed by atoms with E-state index >= 15 is 0 Å². The summed E-state index contributed by atoms with van der Waals surface area (Å²) in [7, 11) is -3.05. The van der Waals surface area contributed by atoms with Crippen LogP contribution in [-0.2, 0) is 13.6 Å². The van der Waals surface area contributed by atoms with Crippen LogP contribution in [0.25, 0.3) is 0 Å². The highest BCUT2D eigenvalue weighted by Crippen LogP contribution is 2.12. The van der Waals surface area contributed by atoms with Gasteiger partial charge in [-0.25, -0.2) is 0 Å². The van der Waals surface area contributed by atoms with E-state index in [0.717, 1.165) is 36.4 Å². The molecule has 0 aliphatic carbocycles. The Morgan fingerprint density at radius 3 is 1.15 bits per heavy atom. The van der Waals surface area contributed by atoms with E-state index in [1.165, 1.54) is 0 Å². The maximum Gasteiger partial charge on any atom is 0.759 e. The van der Waals surface area contributed by atoms with Crippen LogP contribution in [0.5, 0.6) is 0 Å². The molecule has 0 saturated carbocycles. The average molecular weight is 301 g/mol. The van der Waals surface area contributed by atoms with Crippen molar-refractivity contribution in [2.45, 2.75) is 67.4 Å². The zero-order chi connectivity index (χ0) is 15.6. The minimum atomic E-state index is -3.05. The molecule has 0 atom stereocenters. The van der Waals surface area contributed by atoms with Crippen LogP contribution >= 0.6 is 0 Å². The average Bonchev–Trinajstić information content (AvgIpc) is 2.47.